The fourth-order valence-corrected chi connectivity index (χ4v) is 3.10. The van der Waals surface area contributed by atoms with Gasteiger partial charge in [-0.05, 0) is 43.5 Å². The maximum absolute atomic E-state index is 14.1. The van der Waals surface area contributed by atoms with E-state index in [0.29, 0.717) is 13.1 Å². The number of hydrogen-bond donors (Lipinski definition) is 1. The van der Waals surface area contributed by atoms with Crippen molar-refractivity contribution in [1.82, 2.24) is 10.2 Å². The highest BCUT2D eigenvalue weighted by Crippen LogP contribution is 2.17. The highest BCUT2D eigenvalue weighted by atomic mass is 19.1. The minimum atomic E-state index is -0.604. The number of nitrogens with one attached hydrogen (secondary N) is 1. The molecule has 150 valence electrons. The number of carbonyl (C=O) groups is 2. The number of amides is 2. The Kier molecular flexibility index (Phi) is 6.33. The van der Waals surface area contributed by atoms with E-state index in [-0.39, 0.29) is 28.4 Å². The first-order chi connectivity index (χ1) is 14.0. The van der Waals surface area contributed by atoms with Crippen molar-refractivity contribution >= 4 is 23.6 Å². The van der Waals surface area contributed by atoms with Crippen LogP contribution in [0.1, 0.15) is 35.2 Å². The number of rotatable bonds is 5. The minimum absolute atomic E-state index is 0.0413. The lowest BCUT2D eigenvalue weighted by Crippen LogP contribution is -2.41. The Hall–Kier alpha value is -3.55. The second-order valence-electron chi connectivity index (χ2n) is 6.69. The number of hydrogen-bond acceptors (Lipinski definition) is 4. The zero-order chi connectivity index (χ0) is 20.8. The maximum atomic E-state index is 14.1. The van der Waals surface area contributed by atoms with Crippen LogP contribution in [0.15, 0.2) is 54.2 Å². The van der Waals surface area contributed by atoms with E-state index in [4.69, 9.17) is 0 Å². The molecule has 0 spiro atoms. The Labute approximate surface area is 167 Å². The molecular formula is C21H20FN3O4. The summed E-state index contributed by atoms with van der Waals surface area (Å²) < 4.78 is 14.1. The van der Waals surface area contributed by atoms with Gasteiger partial charge in [-0.2, -0.15) is 0 Å². The van der Waals surface area contributed by atoms with Crippen LogP contribution in [-0.2, 0) is 4.79 Å². The average Bonchev–Trinajstić information content (AvgIpc) is 2.75. The summed E-state index contributed by atoms with van der Waals surface area (Å²) in [6.07, 6.45) is 4.09. The van der Waals surface area contributed by atoms with Crippen molar-refractivity contribution in [1.29, 1.82) is 0 Å². The first-order valence-electron chi connectivity index (χ1n) is 9.27. The molecular weight excluding hydrogens is 377 g/mol. The summed E-state index contributed by atoms with van der Waals surface area (Å²) in [6, 6.07) is 11.0. The number of nitrogens with zero attached hydrogens (tertiary/aromatic N) is 2. The SMILES string of the molecule is O=C(NC(=Cc1ccccc1F)C(=O)N1CCCCC1)c1ccc([N+](=O)[O-])cc1. The molecule has 0 aromatic heterocycles. The maximum Gasteiger partial charge on any atom is 0.270 e. The molecule has 0 atom stereocenters. The van der Waals surface area contributed by atoms with Crippen LogP contribution >= 0.6 is 0 Å². The van der Waals surface area contributed by atoms with Gasteiger partial charge in [0, 0.05) is 36.3 Å². The summed E-state index contributed by atoms with van der Waals surface area (Å²) >= 11 is 0. The van der Waals surface area contributed by atoms with Crippen LogP contribution < -0.4 is 5.32 Å². The molecule has 1 fully saturated rings. The van der Waals surface area contributed by atoms with Gasteiger partial charge >= 0.3 is 0 Å². The van der Waals surface area contributed by atoms with E-state index in [9.17, 15) is 24.1 Å². The largest absolute Gasteiger partial charge is 0.337 e. The highest BCUT2D eigenvalue weighted by molar-refractivity contribution is 6.05. The molecule has 0 bridgehead atoms. The predicted molar refractivity (Wildman–Crippen MR) is 105 cm³/mol. The number of likely N-dealkylation sites (tertiary alicyclic amines) is 1. The Morgan fingerprint density at radius 1 is 1.03 bits per heavy atom. The van der Waals surface area contributed by atoms with Crippen LogP contribution in [0.2, 0.25) is 0 Å². The Morgan fingerprint density at radius 3 is 2.31 bits per heavy atom. The molecule has 2 aromatic rings. The van der Waals surface area contributed by atoms with Gasteiger partial charge in [0.05, 0.1) is 4.92 Å². The number of carbonyl (C=O) groups excluding carboxylic acids is 2. The number of nitro benzene ring substituents is 1. The molecule has 2 aromatic carbocycles. The van der Waals surface area contributed by atoms with Crippen molar-refractivity contribution in [3.63, 3.8) is 0 Å². The zero-order valence-electron chi connectivity index (χ0n) is 15.6. The summed E-state index contributed by atoms with van der Waals surface area (Å²) in [7, 11) is 0. The Morgan fingerprint density at radius 2 is 1.69 bits per heavy atom. The molecule has 3 rings (SSSR count). The normalized spacial score (nSPS) is 14.4. The Balaban J connectivity index is 1.88. The minimum Gasteiger partial charge on any atom is -0.337 e. The van der Waals surface area contributed by atoms with Crippen LogP contribution in [0.4, 0.5) is 10.1 Å². The van der Waals surface area contributed by atoms with Gasteiger partial charge in [-0.3, -0.25) is 19.7 Å². The fraction of sp³-hybridized carbons (Fsp3) is 0.238. The summed E-state index contributed by atoms with van der Waals surface area (Å²) in [5.41, 5.74) is 0.145. The van der Waals surface area contributed by atoms with Gasteiger partial charge in [0.15, 0.2) is 0 Å². The summed E-state index contributed by atoms with van der Waals surface area (Å²) in [5, 5.41) is 13.3. The molecule has 1 saturated heterocycles. The number of benzene rings is 2. The van der Waals surface area contributed by atoms with Gasteiger partial charge in [0.25, 0.3) is 17.5 Å². The van der Waals surface area contributed by atoms with E-state index in [1.54, 1.807) is 11.0 Å². The molecule has 0 radical (unpaired) electrons. The van der Waals surface area contributed by atoms with E-state index in [1.165, 1.54) is 48.5 Å². The Bertz CT molecular complexity index is 951. The van der Waals surface area contributed by atoms with Gasteiger partial charge in [0.2, 0.25) is 0 Å². The molecule has 0 unspecified atom stereocenters. The molecule has 0 saturated carbocycles. The van der Waals surface area contributed by atoms with Gasteiger partial charge in [0.1, 0.15) is 11.5 Å². The first kappa shape index (κ1) is 20.2. The second kappa shape index (κ2) is 9.09. The first-order valence-corrected chi connectivity index (χ1v) is 9.27. The quantitative estimate of drug-likeness (QED) is 0.475. The molecule has 1 N–H and O–H groups in total. The fourth-order valence-electron chi connectivity index (χ4n) is 3.10. The van der Waals surface area contributed by atoms with Crippen LogP contribution in [0.25, 0.3) is 6.08 Å². The third kappa shape index (κ3) is 5.04. The smallest absolute Gasteiger partial charge is 0.270 e. The van der Waals surface area contributed by atoms with Gasteiger partial charge in [-0.25, -0.2) is 4.39 Å². The molecule has 1 heterocycles. The van der Waals surface area contributed by atoms with Crippen LogP contribution in [0.5, 0.6) is 0 Å². The molecule has 1 aliphatic heterocycles. The highest BCUT2D eigenvalue weighted by Gasteiger charge is 2.23. The van der Waals surface area contributed by atoms with E-state index in [2.05, 4.69) is 5.32 Å². The van der Waals surface area contributed by atoms with Gasteiger partial charge < -0.3 is 10.2 Å². The molecule has 7 nitrogen and oxygen atoms in total. The lowest BCUT2D eigenvalue weighted by Gasteiger charge is -2.27. The van der Waals surface area contributed by atoms with E-state index in [1.807, 2.05) is 0 Å². The summed E-state index contributed by atoms with van der Waals surface area (Å²) in [5.74, 6) is -1.50. The lowest BCUT2D eigenvalue weighted by atomic mass is 10.1. The zero-order valence-corrected chi connectivity index (χ0v) is 15.6. The number of piperidine rings is 1. The van der Waals surface area contributed by atoms with Crippen molar-refractivity contribution in [2.45, 2.75) is 19.3 Å². The van der Waals surface area contributed by atoms with Crippen LogP contribution in [-0.4, -0.2) is 34.7 Å². The third-order valence-corrected chi connectivity index (χ3v) is 4.67. The molecule has 29 heavy (non-hydrogen) atoms. The van der Waals surface area contributed by atoms with Gasteiger partial charge in [-0.15, -0.1) is 0 Å². The number of non-ortho nitro benzene ring substituents is 1. The third-order valence-electron chi connectivity index (χ3n) is 4.67. The van der Waals surface area contributed by atoms with E-state index < -0.39 is 16.6 Å². The summed E-state index contributed by atoms with van der Waals surface area (Å²) in [4.78, 5) is 37.4. The second-order valence-corrected chi connectivity index (χ2v) is 6.69. The topological polar surface area (TPSA) is 92.6 Å². The van der Waals surface area contributed by atoms with Gasteiger partial charge in [-0.1, -0.05) is 18.2 Å². The van der Waals surface area contributed by atoms with E-state index in [0.717, 1.165) is 19.3 Å². The number of nitro groups is 1. The molecule has 8 heteroatoms. The van der Waals surface area contributed by atoms with Crippen molar-refractivity contribution < 1.29 is 18.9 Å². The summed E-state index contributed by atoms with van der Waals surface area (Å²) in [6.45, 7) is 1.14. The lowest BCUT2D eigenvalue weighted by molar-refractivity contribution is -0.384. The van der Waals surface area contributed by atoms with Crippen LogP contribution in [0.3, 0.4) is 0 Å². The molecule has 1 aliphatic rings. The van der Waals surface area contributed by atoms with E-state index >= 15 is 0 Å². The average molecular weight is 397 g/mol. The molecule has 0 aliphatic carbocycles. The van der Waals surface area contributed by atoms with Crippen molar-refractivity contribution in [2.24, 2.45) is 0 Å². The van der Waals surface area contributed by atoms with Crippen LogP contribution in [0, 0.1) is 15.9 Å². The van der Waals surface area contributed by atoms with Crippen molar-refractivity contribution in [3.8, 4) is 0 Å². The predicted octanol–water partition coefficient (Wildman–Crippen LogP) is 3.52. The molecule has 2 amide bonds. The standard InChI is InChI=1S/C21H20FN3O4/c22-18-7-3-2-6-16(18)14-19(21(27)24-12-4-1-5-13-24)23-20(26)15-8-10-17(11-9-15)25(28)29/h2-3,6-11,14H,1,4-5,12-13H2,(H,23,26). The van der Waals surface area contributed by atoms with Crippen molar-refractivity contribution in [2.75, 3.05) is 13.1 Å². The monoisotopic (exact) mass is 397 g/mol. The number of halogens is 1. The van der Waals surface area contributed by atoms with Crippen molar-refractivity contribution in [3.05, 3.63) is 81.3 Å².